The van der Waals surface area contributed by atoms with E-state index in [0.29, 0.717) is 32.9 Å². The summed E-state index contributed by atoms with van der Waals surface area (Å²) in [5.41, 5.74) is 4.26. The summed E-state index contributed by atoms with van der Waals surface area (Å²) < 4.78 is 11.9. The van der Waals surface area contributed by atoms with E-state index in [0.717, 1.165) is 35.5 Å². The molecule has 170 valence electrons. The van der Waals surface area contributed by atoms with Crippen LogP contribution in [-0.4, -0.2) is 18.9 Å². The molecule has 3 aromatic rings. The Morgan fingerprint density at radius 1 is 1.00 bits per heavy atom. The number of carbonyl (C=O) groups is 1. The average molecular weight is 482 g/mol. The number of ether oxygens (including phenoxy) is 2. The Bertz CT molecular complexity index is 1210. The molecule has 33 heavy (non-hydrogen) atoms. The van der Waals surface area contributed by atoms with Crippen LogP contribution < -0.4 is 14.4 Å². The molecule has 1 heterocycles. The molecule has 6 heteroatoms. The zero-order valence-electron chi connectivity index (χ0n) is 18.8. The van der Waals surface area contributed by atoms with Crippen molar-refractivity contribution in [1.82, 2.24) is 0 Å². The van der Waals surface area contributed by atoms with Gasteiger partial charge in [0.2, 0.25) is 5.78 Å². The minimum Gasteiger partial charge on any atom is -0.489 e. The van der Waals surface area contributed by atoms with Crippen LogP contribution in [0, 0.1) is 6.92 Å². The maximum atomic E-state index is 13.0. The summed E-state index contributed by atoms with van der Waals surface area (Å²) in [7, 11) is 0. The smallest absolute Gasteiger partial charge is 0.232 e. The van der Waals surface area contributed by atoms with Gasteiger partial charge < -0.3 is 14.4 Å². The molecule has 0 aromatic heterocycles. The molecule has 0 saturated heterocycles. The average Bonchev–Trinajstić information content (AvgIpc) is 3.10. The zero-order chi connectivity index (χ0) is 23.5. The highest BCUT2D eigenvalue weighted by atomic mass is 35.5. The van der Waals surface area contributed by atoms with Crippen LogP contribution in [0.5, 0.6) is 11.5 Å². The van der Waals surface area contributed by atoms with E-state index in [2.05, 4.69) is 30.9 Å². The third-order valence-electron chi connectivity index (χ3n) is 5.67. The molecule has 0 radical (unpaired) electrons. The van der Waals surface area contributed by atoms with Crippen LogP contribution in [0.2, 0.25) is 10.0 Å². The van der Waals surface area contributed by atoms with Gasteiger partial charge in [0.15, 0.2) is 5.76 Å². The van der Waals surface area contributed by atoms with Gasteiger partial charge in [-0.3, -0.25) is 4.79 Å². The van der Waals surface area contributed by atoms with Gasteiger partial charge in [0.05, 0.1) is 5.56 Å². The van der Waals surface area contributed by atoms with E-state index in [1.165, 1.54) is 0 Å². The van der Waals surface area contributed by atoms with Crippen molar-refractivity contribution in [2.24, 2.45) is 0 Å². The van der Waals surface area contributed by atoms with Crippen molar-refractivity contribution in [3.8, 4) is 11.5 Å². The quantitative estimate of drug-likeness (QED) is 0.330. The number of carbonyl (C=O) groups excluding carboxylic acids is 1. The molecule has 0 saturated carbocycles. The molecule has 4 rings (SSSR count). The fourth-order valence-electron chi connectivity index (χ4n) is 3.88. The third-order valence-corrected chi connectivity index (χ3v) is 6.26. The fourth-order valence-corrected chi connectivity index (χ4v) is 4.35. The number of aryl methyl sites for hydroxylation is 1. The normalized spacial score (nSPS) is 13.7. The second-order valence-electron chi connectivity index (χ2n) is 7.84. The van der Waals surface area contributed by atoms with E-state index in [-0.39, 0.29) is 12.4 Å². The summed E-state index contributed by atoms with van der Waals surface area (Å²) >= 11 is 12.2. The van der Waals surface area contributed by atoms with Crippen molar-refractivity contribution >= 4 is 40.7 Å². The van der Waals surface area contributed by atoms with Crippen molar-refractivity contribution in [3.05, 3.63) is 92.7 Å². The van der Waals surface area contributed by atoms with Gasteiger partial charge in [-0.25, -0.2) is 0 Å². The standard InChI is InChI=1S/C27H25Cl2NO3/c1-4-30(5-2)21-10-6-18(7-11-21)13-25-27(31)26-17(3)12-22(15-24(26)33-25)32-16-19-8-9-20(28)14-23(19)29/h6-15H,4-5,16H2,1-3H3/b25-13-. The summed E-state index contributed by atoms with van der Waals surface area (Å²) in [6.07, 6.45) is 1.78. The van der Waals surface area contributed by atoms with Gasteiger partial charge in [0.1, 0.15) is 18.1 Å². The van der Waals surface area contributed by atoms with Crippen molar-refractivity contribution in [1.29, 1.82) is 0 Å². The van der Waals surface area contributed by atoms with E-state index in [9.17, 15) is 4.79 Å². The van der Waals surface area contributed by atoms with Crippen LogP contribution in [0.15, 0.2) is 60.4 Å². The predicted octanol–water partition coefficient (Wildman–Crippen LogP) is 7.34. The number of fused-ring (bicyclic) bond motifs is 1. The first-order valence-electron chi connectivity index (χ1n) is 10.9. The van der Waals surface area contributed by atoms with Gasteiger partial charge >= 0.3 is 0 Å². The molecule has 0 fully saturated rings. The molecule has 3 aromatic carbocycles. The number of rotatable bonds is 7. The van der Waals surface area contributed by atoms with Gasteiger partial charge in [-0.2, -0.15) is 0 Å². The highest BCUT2D eigenvalue weighted by Gasteiger charge is 2.30. The monoisotopic (exact) mass is 481 g/mol. The lowest BCUT2D eigenvalue weighted by Gasteiger charge is -2.20. The number of allylic oxidation sites excluding steroid dienone is 1. The van der Waals surface area contributed by atoms with Crippen LogP contribution in [0.3, 0.4) is 0 Å². The summed E-state index contributed by atoms with van der Waals surface area (Å²) in [6, 6.07) is 17.0. The molecule has 0 unspecified atom stereocenters. The van der Waals surface area contributed by atoms with Crippen molar-refractivity contribution in [3.63, 3.8) is 0 Å². The van der Waals surface area contributed by atoms with E-state index in [4.69, 9.17) is 32.7 Å². The molecule has 0 spiro atoms. The van der Waals surface area contributed by atoms with Gasteiger partial charge in [0, 0.05) is 40.5 Å². The molecule has 0 aliphatic carbocycles. The zero-order valence-corrected chi connectivity index (χ0v) is 20.3. The number of hydrogen-bond donors (Lipinski definition) is 0. The lowest BCUT2D eigenvalue weighted by Crippen LogP contribution is -2.21. The molecule has 1 aliphatic heterocycles. The minimum atomic E-state index is -0.123. The first kappa shape index (κ1) is 23.2. The molecular formula is C27H25Cl2NO3. The lowest BCUT2D eigenvalue weighted by atomic mass is 10.0. The highest BCUT2D eigenvalue weighted by molar-refractivity contribution is 6.35. The van der Waals surface area contributed by atoms with Crippen molar-refractivity contribution in [2.75, 3.05) is 18.0 Å². The Morgan fingerprint density at radius 3 is 2.39 bits per heavy atom. The molecule has 0 atom stereocenters. The van der Waals surface area contributed by atoms with Gasteiger partial charge in [-0.15, -0.1) is 0 Å². The number of benzene rings is 3. The Kier molecular flexibility index (Phi) is 6.96. The second-order valence-corrected chi connectivity index (χ2v) is 8.68. The largest absolute Gasteiger partial charge is 0.489 e. The van der Waals surface area contributed by atoms with E-state index in [1.807, 2.05) is 31.2 Å². The Morgan fingerprint density at radius 2 is 1.73 bits per heavy atom. The van der Waals surface area contributed by atoms with Crippen molar-refractivity contribution in [2.45, 2.75) is 27.4 Å². The first-order valence-corrected chi connectivity index (χ1v) is 11.7. The Labute approximate surface area is 204 Å². The SMILES string of the molecule is CCN(CC)c1ccc(/C=C2\Oc3cc(OCc4ccc(Cl)cc4Cl)cc(C)c3C2=O)cc1. The van der Waals surface area contributed by atoms with Gasteiger partial charge in [-0.1, -0.05) is 41.4 Å². The summed E-state index contributed by atoms with van der Waals surface area (Å²) in [5.74, 6) is 1.29. The van der Waals surface area contributed by atoms with Crippen LogP contribution in [0.4, 0.5) is 5.69 Å². The fraction of sp³-hybridized carbons (Fsp3) is 0.222. The Hall–Kier alpha value is -2.95. The summed E-state index contributed by atoms with van der Waals surface area (Å²) in [6.45, 7) is 8.31. The molecule has 0 bridgehead atoms. The predicted molar refractivity (Wildman–Crippen MR) is 135 cm³/mol. The van der Waals surface area contributed by atoms with Crippen LogP contribution in [0.25, 0.3) is 6.08 Å². The van der Waals surface area contributed by atoms with Gasteiger partial charge in [0.25, 0.3) is 0 Å². The maximum Gasteiger partial charge on any atom is 0.232 e. The number of nitrogens with zero attached hydrogens (tertiary/aromatic N) is 1. The number of ketones is 1. The van der Waals surface area contributed by atoms with Gasteiger partial charge in [-0.05, 0) is 68.3 Å². The number of anilines is 1. The summed E-state index contributed by atoms with van der Waals surface area (Å²) in [4.78, 5) is 15.3. The molecule has 4 nitrogen and oxygen atoms in total. The first-order chi connectivity index (χ1) is 15.9. The van der Waals surface area contributed by atoms with E-state index < -0.39 is 0 Å². The van der Waals surface area contributed by atoms with E-state index in [1.54, 1.807) is 24.3 Å². The van der Waals surface area contributed by atoms with Crippen LogP contribution >= 0.6 is 23.2 Å². The number of halogens is 2. The van der Waals surface area contributed by atoms with Crippen LogP contribution in [-0.2, 0) is 6.61 Å². The highest BCUT2D eigenvalue weighted by Crippen LogP contribution is 2.38. The minimum absolute atomic E-state index is 0.123. The molecule has 1 aliphatic rings. The van der Waals surface area contributed by atoms with Crippen molar-refractivity contribution < 1.29 is 14.3 Å². The Balaban J connectivity index is 1.52. The maximum absolute atomic E-state index is 13.0. The number of Topliss-reactive ketones (excluding diaryl/α,β-unsaturated/α-hetero) is 1. The molecular weight excluding hydrogens is 457 g/mol. The number of hydrogen-bond acceptors (Lipinski definition) is 4. The van der Waals surface area contributed by atoms with E-state index >= 15 is 0 Å². The topological polar surface area (TPSA) is 38.8 Å². The molecule has 0 N–H and O–H groups in total. The third kappa shape index (κ3) is 5.02. The lowest BCUT2D eigenvalue weighted by molar-refractivity contribution is 0.101. The van der Waals surface area contributed by atoms with Crippen LogP contribution in [0.1, 0.15) is 40.9 Å². The molecule has 0 amide bonds. The summed E-state index contributed by atoms with van der Waals surface area (Å²) in [5, 5.41) is 1.12. The second kappa shape index (κ2) is 9.90.